The summed E-state index contributed by atoms with van der Waals surface area (Å²) in [6.07, 6.45) is 0.181. The number of rotatable bonds is 6. The number of carbonyl (C=O) groups excluding carboxylic acids is 2. The van der Waals surface area contributed by atoms with Gasteiger partial charge >= 0.3 is 5.97 Å². The first-order valence-electron chi connectivity index (χ1n) is 8.93. The van der Waals surface area contributed by atoms with Gasteiger partial charge in [-0.3, -0.25) is 9.00 Å². The highest BCUT2D eigenvalue weighted by atomic mass is 35.5. The molecule has 2 fully saturated rings. The third kappa shape index (κ3) is 3.41. The van der Waals surface area contributed by atoms with Crippen LogP contribution in [0.25, 0.3) is 0 Å². The van der Waals surface area contributed by atoms with Crippen LogP contribution in [0.5, 0.6) is 0 Å². The predicted molar refractivity (Wildman–Crippen MR) is 102 cm³/mol. The first-order valence-corrected chi connectivity index (χ1v) is 10.6. The molecule has 148 valence electrons. The fourth-order valence-electron chi connectivity index (χ4n) is 4.03. The molecule has 1 aromatic carbocycles. The van der Waals surface area contributed by atoms with Gasteiger partial charge < -0.3 is 14.7 Å². The number of β-lactam (4-membered cyclic amide) rings is 1. The maximum atomic E-state index is 12.8. The molecule has 2 heterocycles. The molecule has 0 aromatic heterocycles. The molecule has 6 nitrogen and oxygen atoms in total. The predicted octanol–water partition coefficient (Wildman–Crippen LogP) is 1.80. The van der Waals surface area contributed by atoms with E-state index in [-0.39, 0.29) is 24.7 Å². The van der Waals surface area contributed by atoms with Crippen LogP contribution < -0.4 is 0 Å². The molecule has 2 unspecified atom stereocenters. The molecular weight excluding hydrogens is 390 g/mol. The van der Waals surface area contributed by atoms with E-state index in [0.29, 0.717) is 0 Å². The van der Waals surface area contributed by atoms with E-state index in [2.05, 4.69) is 0 Å². The maximum Gasteiger partial charge on any atom is 0.332 e. The number of esters is 1. The van der Waals surface area contributed by atoms with Gasteiger partial charge in [-0.1, -0.05) is 37.3 Å². The second-order valence-electron chi connectivity index (χ2n) is 7.56. The number of ether oxygens (including phenoxy) is 1. The molecule has 1 amide bonds. The van der Waals surface area contributed by atoms with Crippen molar-refractivity contribution in [3.05, 3.63) is 35.9 Å². The molecule has 2 aliphatic heterocycles. The van der Waals surface area contributed by atoms with E-state index >= 15 is 0 Å². The van der Waals surface area contributed by atoms with Crippen LogP contribution in [0.15, 0.2) is 30.3 Å². The Kier molecular flexibility index (Phi) is 5.40. The first-order chi connectivity index (χ1) is 12.6. The van der Waals surface area contributed by atoms with E-state index in [1.807, 2.05) is 30.3 Å². The molecular formula is C19H24ClNO5S. The van der Waals surface area contributed by atoms with Crippen molar-refractivity contribution in [3.63, 3.8) is 0 Å². The standard InChI is InChI=1S/C19H24ClNO5S/c1-4-27(25)19(20)10-13-14(18(2,3)24)16(22)21(13)15(19)17(23)26-11-12-8-6-5-7-9-12/h5-9,13-15,24H,4,10-11H2,1-3H3/t13-,14+,15-,19?,27?/m0/s1. The van der Waals surface area contributed by atoms with Crippen molar-refractivity contribution in [2.24, 2.45) is 5.92 Å². The molecule has 27 heavy (non-hydrogen) atoms. The third-order valence-electron chi connectivity index (χ3n) is 5.29. The highest BCUT2D eigenvalue weighted by Crippen LogP contribution is 2.52. The summed E-state index contributed by atoms with van der Waals surface area (Å²) in [7, 11) is -1.54. The molecule has 3 rings (SSSR count). The summed E-state index contributed by atoms with van der Waals surface area (Å²) >= 11 is 6.70. The number of hydrogen-bond acceptors (Lipinski definition) is 5. The molecule has 1 aromatic rings. The van der Waals surface area contributed by atoms with E-state index in [0.717, 1.165) is 5.56 Å². The summed E-state index contributed by atoms with van der Waals surface area (Å²) in [5, 5.41) is 10.3. The number of nitrogens with zero attached hydrogens (tertiary/aromatic N) is 1. The van der Waals surface area contributed by atoms with Gasteiger partial charge in [0.2, 0.25) is 5.91 Å². The zero-order valence-electron chi connectivity index (χ0n) is 15.6. The van der Waals surface area contributed by atoms with Crippen LogP contribution >= 0.6 is 11.6 Å². The number of fused-ring (bicyclic) bond motifs is 1. The number of alkyl halides is 1. The van der Waals surface area contributed by atoms with Gasteiger partial charge in [0.05, 0.1) is 11.5 Å². The summed E-state index contributed by atoms with van der Waals surface area (Å²) in [5.74, 6) is -1.43. The first kappa shape index (κ1) is 20.3. The van der Waals surface area contributed by atoms with E-state index in [1.165, 1.54) is 4.90 Å². The van der Waals surface area contributed by atoms with E-state index in [1.54, 1.807) is 20.8 Å². The van der Waals surface area contributed by atoms with E-state index in [9.17, 15) is 18.9 Å². The Balaban J connectivity index is 1.85. The second kappa shape index (κ2) is 7.18. The van der Waals surface area contributed by atoms with Crippen molar-refractivity contribution in [1.82, 2.24) is 4.90 Å². The Labute approximate surface area is 166 Å². The number of aliphatic hydroxyl groups is 1. The van der Waals surface area contributed by atoms with E-state index < -0.39 is 44.6 Å². The average Bonchev–Trinajstić information content (AvgIpc) is 2.88. The second-order valence-corrected chi connectivity index (χ2v) is 10.5. The number of benzene rings is 1. The fraction of sp³-hybridized carbons (Fsp3) is 0.579. The van der Waals surface area contributed by atoms with Crippen molar-refractivity contribution >= 4 is 34.3 Å². The molecule has 0 bridgehead atoms. The number of halogens is 1. The van der Waals surface area contributed by atoms with Crippen molar-refractivity contribution in [1.29, 1.82) is 0 Å². The van der Waals surface area contributed by atoms with Crippen LogP contribution in [0.1, 0.15) is 32.8 Å². The Morgan fingerprint density at radius 1 is 1.41 bits per heavy atom. The van der Waals surface area contributed by atoms with Gasteiger partial charge in [0, 0.05) is 29.0 Å². The van der Waals surface area contributed by atoms with Crippen LogP contribution in [-0.4, -0.2) is 53.7 Å². The van der Waals surface area contributed by atoms with Gasteiger partial charge in [0.15, 0.2) is 10.2 Å². The largest absolute Gasteiger partial charge is 0.459 e. The van der Waals surface area contributed by atoms with Crippen molar-refractivity contribution in [2.45, 2.75) is 55.7 Å². The topological polar surface area (TPSA) is 83.9 Å². The lowest BCUT2D eigenvalue weighted by molar-refractivity contribution is -0.179. The molecule has 1 N–H and O–H groups in total. The Morgan fingerprint density at radius 3 is 2.59 bits per heavy atom. The average molecular weight is 414 g/mol. The molecule has 0 saturated carbocycles. The lowest BCUT2D eigenvalue weighted by Crippen LogP contribution is -2.68. The molecule has 2 saturated heterocycles. The zero-order chi connectivity index (χ0) is 20.0. The number of hydrogen-bond donors (Lipinski definition) is 1. The van der Waals surface area contributed by atoms with Gasteiger partial charge in [-0.2, -0.15) is 0 Å². The highest BCUT2D eigenvalue weighted by molar-refractivity contribution is 7.88. The summed E-state index contributed by atoms with van der Waals surface area (Å²) in [6, 6.07) is 7.61. The number of carbonyl (C=O) groups is 2. The number of amides is 1. The zero-order valence-corrected chi connectivity index (χ0v) is 17.1. The van der Waals surface area contributed by atoms with Gasteiger partial charge in [-0.15, -0.1) is 11.6 Å². The van der Waals surface area contributed by atoms with E-state index in [4.69, 9.17) is 16.3 Å². The third-order valence-corrected chi connectivity index (χ3v) is 7.83. The van der Waals surface area contributed by atoms with Crippen LogP contribution in [0.2, 0.25) is 0 Å². The molecule has 0 radical (unpaired) electrons. The molecule has 5 atom stereocenters. The monoisotopic (exact) mass is 413 g/mol. The molecule has 0 aliphatic carbocycles. The summed E-state index contributed by atoms with van der Waals surface area (Å²) in [4.78, 5) is 26.9. The molecule has 8 heteroatoms. The van der Waals surface area contributed by atoms with Crippen LogP contribution in [0.3, 0.4) is 0 Å². The van der Waals surface area contributed by atoms with Gasteiger partial charge in [-0.05, 0) is 19.4 Å². The van der Waals surface area contributed by atoms with Crippen LogP contribution in [0, 0.1) is 5.92 Å². The van der Waals surface area contributed by atoms with Crippen molar-refractivity contribution < 1.29 is 23.6 Å². The summed E-state index contributed by atoms with van der Waals surface area (Å²) in [5.41, 5.74) is -0.437. The Morgan fingerprint density at radius 2 is 2.04 bits per heavy atom. The van der Waals surface area contributed by atoms with Gasteiger partial charge in [0.25, 0.3) is 0 Å². The van der Waals surface area contributed by atoms with Crippen molar-refractivity contribution in [2.75, 3.05) is 5.75 Å². The summed E-state index contributed by atoms with van der Waals surface area (Å²) < 4.78 is 16.7. The SMILES string of the molecule is CCS(=O)C1(Cl)C[C@H]2[C@@H](C(C)(C)O)C(=O)N2[C@H]1C(=O)OCc1ccccc1. The lowest BCUT2D eigenvalue weighted by Gasteiger charge is -2.49. The Bertz CT molecular complexity index is 765. The van der Waals surface area contributed by atoms with Crippen molar-refractivity contribution in [3.8, 4) is 0 Å². The lowest BCUT2D eigenvalue weighted by atomic mass is 9.76. The smallest absolute Gasteiger partial charge is 0.332 e. The highest BCUT2D eigenvalue weighted by Gasteiger charge is 2.70. The fourth-order valence-corrected chi connectivity index (χ4v) is 6.01. The quantitative estimate of drug-likeness (QED) is 0.437. The van der Waals surface area contributed by atoms with Crippen LogP contribution in [0.4, 0.5) is 0 Å². The van der Waals surface area contributed by atoms with Crippen LogP contribution in [-0.2, 0) is 31.7 Å². The Hall–Kier alpha value is -1.44. The molecule has 2 aliphatic rings. The minimum absolute atomic E-state index is 0.0452. The maximum absolute atomic E-state index is 12.8. The minimum Gasteiger partial charge on any atom is -0.459 e. The molecule has 0 spiro atoms. The van der Waals surface area contributed by atoms with Gasteiger partial charge in [-0.25, -0.2) is 4.79 Å². The summed E-state index contributed by atoms with van der Waals surface area (Å²) in [6.45, 7) is 4.88. The minimum atomic E-state index is -1.54. The normalized spacial score (nSPS) is 31.2. The van der Waals surface area contributed by atoms with Gasteiger partial charge in [0.1, 0.15) is 6.61 Å².